The van der Waals surface area contributed by atoms with E-state index < -0.39 is 10.2 Å². The zero-order valence-corrected chi connectivity index (χ0v) is 9.73. The van der Waals surface area contributed by atoms with Crippen molar-refractivity contribution in [1.29, 1.82) is 0 Å². The van der Waals surface area contributed by atoms with Crippen LogP contribution in [0.2, 0.25) is 0 Å². The van der Waals surface area contributed by atoms with Gasteiger partial charge in [0.15, 0.2) is 0 Å². The summed E-state index contributed by atoms with van der Waals surface area (Å²) < 4.78 is 27.5. The van der Waals surface area contributed by atoms with E-state index >= 15 is 0 Å². The van der Waals surface area contributed by atoms with Gasteiger partial charge in [-0.05, 0) is 6.42 Å². The molecule has 1 unspecified atom stereocenters. The Bertz CT molecular complexity index is 229. The molecular formula is C8H21N3O2S. The molecular weight excluding hydrogens is 202 g/mol. The molecule has 0 amide bonds. The third-order valence-electron chi connectivity index (χ3n) is 1.85. The van der Waals surface area contributed by atoms with Gasteiger partial charge in [0.05, 0.1) is 0 Å². The molecule has 0 aromatic carbocycles. The maximum Gasteiger partial charge on any atom is 0.277 e. The third-order valence-corrected chi connectivity index (χ3v) is 3.16. The van der Waals surface area contributed by atoms with Gasteiger partial charge in [-0.25, -0.2) is 4.72 Å². The molecule has 0 saturated heterocycles. The van der Waals surface area contributed by atoms with Crippen LogP contribution in [0.3, 0.4) is 0 Å². The lowest BCUT2D eigenvalue weighted by molar-refractivity contribution is 0.509. The average molecular weight is 223 g/mol. The lowest BCUT2D eigenvalue weighted by Gasteiger charge is -2.16. The normalized spacial score (nSPS) is 14.2. The second-order valence-electron chi connectivity index (χ2n) is 3.19. The molecule has 0 aliphatic carbocycles. The fraction of sp³-hybridized carbons (Fsp3) is 1.00. The summed E-state index contributed by atoms with van der Waals surface area (Å²) in [4.78, 5) is 0. The van der Waals surface area contributed by atoms with Crippen molar-refractivity contribution < 1.29 is 8.42 Å². The first kappa shape index (κ1) is 13.8. The minimum absolute atomic E-state index is 0.154. The molecule has 0 aromatic heterocycles. The summed E-state index contributed by atoms with van der Waals surface area (Å²) in [6, 6.07) is -0.154. The quantitative estimate of drug-likeness (QED) is 0.539. The lowest BCUT2D eigenvalue weighted by Crippen LogP contribution is -2.45. The molecule has 0 bridgehead atoms. The van der Waals surface area contributed by atoms with Crippen molar-refractivity contribution in [3.05, 3.63) is 0 Å². The number of nitrogens with one attached hydrogen (secondary N) is 2. The predicted molar refractivity (Wildman–Crippen MR) is 58.1 cm³/mol. The minimum Gasteiger partial charge on any atom is -0.329 e. The van der Waals surface area contributed by atoms with Gasteiger partial charge in [-0.2, -0.15) is 13.1 Å². The molecule has 0 spiro atoms. The van der Waals surface area contributed by atoms with E-state index in [4.69, 9.17) is 5.73 Å². The Hall–Kier alpha value is -0.170. The van der Waals surface area contributed by atoms with Gasteiger partial charge in [0.25, 0.3) is 10.2 Å². The fourth-order valence-corrected chi connectivity index (χ4v) is 2.24. The van der Waals surface area contributed by atoms with Gasteiger partial charge in [0.2, 0.25) is 0 Å². The van der Waals surface area contributed by atoms with Crippen molar-refractivity contribution in [1.82, 2.24) is 9.44 Å². The van der Waals surface area contributed by atoms with E-state index in [1.165, 1.54) is 0 Å². The van der Waals surface area contributed by atoms with Crippen LogP contribution in [0.25, 0.3) is 0 Å². The Morgan fingerprint density at radius 3 is 2.43 bits per heavy atom. The minimum atomic E-state index is -3.35. The number of hydrogen-bond acceptors (Lipinski definition) is 3. The van der Waals surface area contributed by atoms with Crippen molar-refractivity contribution in [2.45, 2.75) is 39.2 Å². The molecule has 5 nitrogen and oxygen atoms in total. The van der Waals surface area contributed by atoms with E-state index in [-0.39, 0.29) is 6.04 Å². The fourth-order valence-electron chi connectivity index (χ4n) is 1.13. The van der Waals surface area contributed by atoms with E-state index in [1.54, 1.807) is 6.92 Å². The Kier molecular flexibility index (Phi) is 7.08. The van der Waals surface area contributed by atoms with Gasteiger partial charge in [0, 0.05) is 19.1 Å². The number of hydrogen-bond donors (Lipinski definition) is 3. The molecule has 4 N–H and O–H groups in total. The lowest BCUT2D eigenvalue weighted by atomic mass is 10.1. The van der Waals surface area contributed by atoms with E-state index in [1.807, 2.05) is 0 Å². The summed E-state index contributed by atoms with van der Waals surface area (Å²) in [5, 5.41) is 0. The molecule has 6 heteroatoms. The van der Waals surface area contributed by atoms with Crippen LogP contribution in [0.1, 0.15) is 33.1 Å². The molecule has 86 valence electrons. The van der Waals surface area contributed by atoms with Crippen LogP contribution in [0.4, 0.5) is 0 Å². The smallest absolute Gasteiger partial charge is 0.277 e. The van der Waals surface area contributed by atoms with Crippen LogP contribution >= 0.6 is 0 Å². The highest BCUT2D eigenvalue weighted by molar-refractivity contribution is 7.87. The van der Waals surface area contributed by atoms with Crippen molar-refractivity contribution in [3.8, 4) is 0 Å². The summed E-state index contributed by atoms with van der Waals surface area (Å²) in [5.41, 5.74) is 5.46. The largest absolute Gasteiger partial charge is 0.329 e. The Morgan fingerprint density at radius 2 is 2.00 bits per heavy atom. The van der Waals surface area contributed by atoms with Crippen LogP contribution < -0.4 is 15.2 Å². The van der Waals surface area contributed by atoms with Crippen molar-refractivity contribution >= 4 is 10.2 Å². The van der Waals surface area contributed by atoms with Crippen LogP contribution in [0.15, 0.2) is 0 Å². The Labute approximate surface area is 86.6 Å². The molecule has 0 aromatic rings. The van der Waals surface area contributed by atoms with Gasteiger partial charge in [-0.3, -0.25) is 0 Å². The summed E-state index contributed by atoms with van der Waals surface area (Å²) in [5.74, 6) is 0. The Balaban J connectivity index is 4.03. The molecule has 0 rings (SSSR count). The molecule has 0 heterocycles. The second kappa shape index (κ2) is 7.17. The number of nitrogens with two attached hydrogens (primary N) is 1. The first-order valence-electron chi connectivity index (χ1n) is 5.02. The second-order valence-corrected chi connectivity index (χ2v) is 4.73. The Morgan fingerprint density at radius 1 is 1.36 bits per heavy atom. The molecule has 0 saturated carbocycles. The first-order chi connectivity index (χ1) is 6.55. The highest BCUT2D eigenvalue weighted by Gasteiger charge is 2.14. The highest BCUT2D eigenvalue weighted by Crippen LogP contribution is 1.99. The van der Waals surface area contributed by atoms with Crippen molar-refractivity contribution in [2.75, 3.05) is 13.1 Å². The average Bonchev–Trinajstić information content (AvgIpc) is 2.12. The zero-order chi connectivity index (χ0) is 11.0. The molecule has 0 aliphatic heterocycles. The van der Waals surface area contributed by atoms with Gasteiger partial charge in [-0.15, -0.1) is 0 Å². The maximum absolute atomic E-state index is 11.3. The van der Waals surface area contributed by atoms with E-state index in [0.717, 1.165) is 19.3 Å². The standard InChI is InChI=1S/C8H21N3O2S/c1-3-5-6-8(7-9)11-14(12,13)10-4-2/h8,10-11H,3-7,9H2,1-2H3. The molecule has 0 radical (unpaired) electrons. The number of rotatable bonds is 8. The summed E-state index contributed by atoms with van der Waals surface area (Å²) in [7, 11) is -3.35. The van der Waals surface area contributed by atoms with Crippen molar-refractivity contribution in [3.63, 3.8) is 0 Å². The van der Waals surface area contributed by atoms with Gasteiger partial charge in [0.1, 0.15) is 0 Å². The van der Waals surface area contributed by atoms with Crippen molar-refractivity contribution in [2.24, 2.45) is 5.73 Å². The van der Waals surface area contributed by atoms with Crippen LogP contribution in [-0.4, -0.2) is 27.5 Å². The zero-order valence-electron chi connectivity index (χ0n) is 8.91. The van der Waals surface area contributed by atoms with Crippen LogP contribution in [0, 0.1) is 0 Å². The summed E-state index contributed by atoms with van der Waals surface area (Å²) in [6.07, 6.45) is 2.81. The summed E-state index contributed by atoms with van der Waals surface area (Å²) in [6.45, 7) is 4.53. The molecule has 0 aliphatic rings. The highest BCUT2D eigenvalue weighted by atomic mass is 32.2. The topological polar surface area (TPSA) is 84.2 Å². The van der Waals surface area contributed by atoms with Gasteiger partial charge >= 0.3 is 0 Å². The SMILES string of the molecule is CCCCC(CN)NS(=O)(=O)NCC. The monoisotopic (exact) mass is 223 g/mol. The van der Waals surface area contributed by atoms with E-state index in [2.05, 4.69) is 16.4 Å². The molecule has 0 fully saturated rings. The summed E-state index contributed by atoms with van der Waals surface area (Å²) >= 11 is 0. The third kappa shape index (κ3) is 6.31. The van der Waals surface area contributed by atoms with Crippen LogP contribution in [0.5, 0.6) is 0 Å². The maximum atomic E-state index is 11.3. The van der Waals surface area contributed by atoms with E-state index in [0.29, 0.717) is 13.1 Å². The predicted octanol–water partition coefficient (Wildman–Crippen LogP) is -0.0522. The molecule has 14 heavy (non-hydrogen) atoms. The first-order valence-corrected chi connectivity index (χ1v) is 6.51. The van der Waals surface area contributed by atoms with Gasteiger partial charge in [-0.1, -0.05) is 26.7 Å². The van der Waals surface area contributed by atoms with Gasteiger partial charge < -0.3 is 5.73 Å². The van der Waals surface area contributed by atoms with E-state index in [9.17, 15) is 8.42 Å². The molecule has 1 atom stereocenters. The number of unbranched alkanes of at least 4 members (excludes halogenated alkanes) is 1. The van der Waals surface area contributed by atoms with Crippen LogP contribution in [-0.2, 0) is 10.2 Å².